The van der Waals surface area contributed by atoms with Gasteiger partial charge in [0.15, 0.2) is 16.7 Å². The second-order valence-electron chi connectivity index (χ2n) is 8.21. The number of nitrogens with one attached hydrogen (secondary N) is 2. The van der Waals surface area contributed by atoms with Crippen molar-refractivity contribution in [1.29, 1.82) is 0 Å². The van der Waals surface area contributed by atoms with E-state index in [1.54, 1.807) is 10.6 Å². The molecule has 0 bridgehead atoms. The van der Waals surface area contributed by atoms with Gasteiger partial charge < -0.3 is 15.1 Å². The van der Waals surface area contributed by atoms with Gasteiger partial charge in [-0.2, -0.15) is 13.2 Å². The van der Waals surface area contributed by atoms with Crippen molar-refractivity contribution in [2.75, 3.05) is 11.1 Å². The van der Waals surface area contributed by atoms with Crippen molar-refractivity contribution in [2.24, 2.45) is 0 Å². The third kappa shape index (κ3) is 6.37. The molecule has 38 heavy (non-hydrogen) atoms. The topological polar surface area (TPSA) is 102 Å². The van der Waals surface area contributed by atoms with E-state index in [1.807, 2.05) is 32.0 Å². The fourth-order valence-corrected chi connectivity index (χ4v) is 4.41. The normalized spacial score (nSPS) is 11.4. The van der Waals surface area contributed by atoms with Crippen LogP contribution in [0.5, 0.6) is 0 Å². The van der Waals surface area contributed by atoms with Crippen LogP contribution in [0.2, 0.25) is 5.02 Å². The van der Waals surface area contributed by atoms with Gasteiger partial charge in [0.25, 0.3) is 5.91 Å². The second kappa shape index (κ2) is 11.3. The summed E-state index contributed by atoms with van der Waals surface area (Å²) in [6.45, 7) is 3.84. The molecule has 2 heterocycles. The number of furan rings is 1. The summed E-state index contributed by atoms with van der Waals surface area (Å²) in [5.41, 5.74) is 1.54. The van der Waals surface area contributed by atoms with Crippen LogP contribution in [0, 0.1) is 13.8 Å². The van der Waals surface area contributed by atoms with Crippen LogP contribution in [0.15, 0.2) is 64.4 Å². The summed E-state index contributed by atoms with van der Waals surface area (Å²) in [6, 6.07) is 11.6. The van der Waals surface area contributed by atoms with Crippen molar-refractivity contribution in [3.05, 3.63) is 88.1 Å². The quantitative estimate of drug-likeness (QED) is 0.262. The minimum absolute atomic E-state index is 0.0204. The molecule has 0 radical (unpaired) electrons. The van der Waals surface area contributed by atoms with Gasteiger partial charge in [-0.1, -0.05) is 35.5 Å². The molecule has 0 atom stereocenters. The maximum absolute atomic E-state index is 13.1. The van der Waals surface area contributed by atoms with Gasteiger partial charge in [0.2, 0.25) is 5.91 Å². The summed E-state index contributed by atoms with van der Waals surface area (Å²) in [5, 5.41) is 13.9. The third-order valence-corrected chi connectivity index (χ3v) is 6.62. The van der Waals surface area contributed by atoms with Crippen molar-refractivity contribution in [1.82, 2.24) is 20.1 Å². The number of nitrogens with zero attached hydrogens (tertiary/aromatic N) is 3. The summed E-state index contributed by atoms with van der Waals surface area (Å²) in [7, 11) is 0. The van der Waals surface area contributed by atoms with Gasteiger partial charge >= 0.3 is 6.18 Å². The first-order valence-electron chi connectivity index (χ1n) is 11.2. The molecule has 0 aliphatic heterocycles. The SMILES string of the molecule is Cc1ccc(C)c(-n2c(CNC(=O)c3ccco3)nnc2SCC(=O)Nc2cc(C(F)(F)F)ccc2Cl)c1. The van der Waals surface area contributed by atoms with Gasteiger partial charge in [0.1, 0.15) is 0 Å². The van der Waals surface area contributed by atoms with Crippen molar-refractivity contribution < 1.29 is 27.2 Å². The Morgan fingerprint density at radius 1 is 1.11 bits per heavy atom. The number of hydrogen-bond acceptors (Lipinski definition) is 6. The lowest BCUT2D eigenvalue weighted by Gasteiger charge is -2.14. The number of carbonyl (C=O) groups is 2. The molecule has 2 aromatic heterocycles. The summed E-state index contributed by atoms with van der Waals surface area (Å²) >= 11 is 7.02. The number of aryl methyl sites for hydroxylation is 2. The van der Waals surface area contributed by atoms with Crippen LogP contribution in [-0.2, 0) is 17.5 Å². The van der Waals surface area contributed by atoms with Gasteiger partial charge in [-0.05, 0) is 61.4 Å². The van der Waals surface area contributed by atoms with Gasteiger partial charge in [-0.25, -0.2) is 0 Å². The lowest BCUT2D eigenvalue weighted by molar-refractivity contribution is -0.137. The van der Waals surface area contributed by atoms with Gasteiger partial charge in [-0.3, -0.25) is 14.2 Å². The number of aromatic nitrogens is 3. The van der Waals surface area contributed by atoms with Crippen LogP contribution in [-0.4, -0.2) is 32.3 Å². The number of anilines is 1. The highest BCUT2D eigenvalue weighted by atomic mass is 35.5. The summed E-state index contributed by atoms with van der Waals surface area (Å²) < 4.78 is 46.0. The molecule has 8 nitrogen and oxygen atoms in total. The van der Waals surface area contributed by atoms with Crippen LogP contribution in [0.1, 0.15) is 33.1 Å². The Morgan fingerprint density at radius 3 is 2.61 bits per heavy atom. The molecule has 0 aliphatic carbocycles. The average molecular weight is 564 g/mol. The van der Waals surface area contributed by atoms with Crippen molar-refractivity contribution >= 4 is 40.9 Å². The molecule has 0 unspecified atom stereocenters. The highest BCUT2D eigenvalue weighted by molar-refractivity contribution is 7.99. The Kier molecular flexibility index (Phi) is 8.12. The third-order valence-electron chi connectivity index (χ3n) is 5.36. The Balaban J connectivity index is 1.54. The fraction of sp³-hybridized carbons (Fsp3) is 0.200. The van der Waals surface area contributed by atoms with Gasteiger partial charge in [-0.15, -0.1) is 10.2 Å². The molecule has 4 aromatic rings. The first-order chi connectivity index (χ1) is 18.0. The maximum atomic E-state index is 13.1. The molecule has 198 valence electrons. The van der Waals surface area contributed by atoms with E-state index in [0.717, 1.165) is 46.8 Å². The van der Waals surface area contributed by atoms with Crippen molar-refractivity contribution in [3.8, 4) is 5.69 Å². The zero-order valence-electron chi connectivity index (χ0n) is 20.1. The Hall–Kier alpha value is -3.77. The number of benzene rings is 2. The van der Waals surface area contributed by atoms with Crippen LogP contribution in [0.4, 0.5) is 18.9 Å². The van der Waals surface area contributed by atoms with Crippen molar-refractivity contribution in [3.63, 3.8) is 0 Å². The second-order valence-corrected chi connectivity index (χ2v) is 9.56. The smallest absolute Gasteiger partial charge is 0.416 e. The first kappa shape index (κ1) is 27.3. The van der Waals surface area contributed by atoms with E-state index in [1.165, 1.54) is 12.3 Å². The van der Waals surface area contributed by atoms with E-state index < -0.39 is 23.6 Å². The zero-order valence-corrected chi connectivity index (χ0v) is 21.7. The van der Waals surface area contributed by atoms with E-state index in [-0.39, 0.29) is 28.8 Å². The number of halogens is 4. The molecular formula is C25H21ClF3N5O3S. The molecule has 2 aromatic carbocycles. The average Bonchev–Trinajstić information content (AvgIpc) is 3.54. The minimum atomic E-state index is -4.58. The number of alkyl halides is 3. The number of rotatable bonds is 8. The highest BCUT2D eigenvalue weighted by Gasteiger charge is 2.31. The molecule has 4 rings (SSSR count). The summed E-state index contributed by atoms with van der Waals surface area (Å²) in [6.07, 6.45) is -3.19. The standard InChI is InChI=1S/C25H21ClF3N5O3S/c1-14-5-6-15(2)19(10-14)34-21(12-30-23(36)20-4-3-9-37-20)32-33-24(34)38-13-22(35)31-18-11-16(25(27,28)29)7-8-17(18)26/h3-11H,12-13H2,1-2H3,(H,30,36)(H,31,35). The zero-order chi connectivity index (χ0) is 27.4. The van der Waals surface area contributed by atoms with Crippen LogP contribution in [0.25, 0.3) is 5.69 Å². The van der Waals surface area contributed by atoms with E-state index in [0.29, 0.717) is 11.0 Å². The number of thioether (sulfide) groups is 1. The Bertz CT molecular complexity index is 1470. The fourth-order valence-electron chi connectivity index (χ4n) is 3.48. The maximum Gasteiger partial charge on any atom is 0.416 e. The predicted octanol–water partition coefficient (Wildman–Crippen LogP) is 5.81. The van der Waals surface area contributed by atoms with Crippen LogP contribution >= 0.6 is 23.4 Å². The number of hydrogen-bond donors (Lipinski definition) is 2. The molecule has 0 saturated heterocycles. The van der Waals surface area contributed by atoms with Gasteiger partial charge in [0, 0.05) is 0 Å². The Labute approximate surface area is 224 Å². The first-order valence-corrected chi connectivity index (χ1v) is 12.5. The monoisotopic (exact) mass is 563 g/mol. The number of amides is 2. The van der Waals surface area contributed by atoms with Crippen LogP contribution < -0.4 is 10.6 Å². The number of carbonyl (C=O) groups excluding carboxylic acids is 2. The van der Waals surface area contributed by atoms with E-state index in [4.69, 9.17) is 16.0 Å². The van der Waals surface area contributed by atoms with Gasteiger partial charge in [0.05, 0.1) is 40.5 Å². The summed E-state index contributed by atoms with van der Waals surface area (Å²) in [5.74, 6) is -0.657. The largest absolute Gasteiger partial charge is 0.459 e. The molecule has 2 amide bonds. The van der Waals surface area contributed by atoms with E-state index in [2.05, 4.69) is 20.8 Å². The lowest BCUT2D eigenvalue weighted by atomic mass is 10.1. The van der Waals surface area contributed by atoms with E-state index in [9.17, 15) is 22.8 Å². The Morgan fingerprint density at radius 2 is 1.89 bits per heavy atom. The molecule has 0 saturated carbocycles. The minimum Gasteiger partial charge on any atom is -0.459 e. The lowest BCUT2D eigenvalue weighted by Crippen LogP contribution is -2.24. The molecule has 0 fully saturated rings. The summed E-state index contributed by atoms with van der Waals surface area (Å²) in [4.78, 5) is 25.0. The molecule has 0 aliphatic rings. The van der Waals surface area contributed by atoms with Crippen LogP contribution in [0.3, 0.4) is 0 Å². The molecular weight excluding hydrogens is 543 g/mol. The van der Waals surface area contributed by atoms with Crippen molar-refractivity contribution in [2.45, 2.75) is 31.7 Å². The predicted molar refractivity (Wildman–Crippen MR) is 137 cm³/mol. The van der Waals surface area contributed by atoms with E-state index >= 15 is 0 Å². The molecule has 13 heteroatoms. The molecule has 0 spiro atoms. The molecule has 2 N–H and O–H groups in total. The highest BCUT2D eigenvalue weighted by Crippen LogP contribution is 2.34.